The van der Waals surface area contributed by atoms with E-state index in [1.54, 1.807) is 0 Å². The Labute approximate surface area is 104 Å². The van der Waals surface area contributed by atoms with Crippen molar-refractivity contribution in [2.75, 3.05) is 13.6 Å². The highest BCUT2D eigenvalue weighted by atomic mass is 16.5. The van der Waals surface area contributed by atoms with Gasteiger partial charge in [-0.05, 0) is 24.6 Å². The lowest BCUT2D eigenvalue weighted by molar-refractivity contribution is 0.0950. The minimum atomic E-state index is -0.374. The van der Waals surface area contributed by atoms with E-state index in [1.165, 1.54) is 7.05 Å². The fourth-order valence-corrected chi connectivity index (χ4v) is 1.64. The van der Waals surface area contributed by atoms with Gasteiger partial charge in [-0.3, -0.25) is 4.79 Å². The van der Waals surface area contributed by atoms with Gasteiger partial charge in [-0.15, -0.1) is 0 Å². The minimum absolute atomic E-state index is 0.0232. The maximum absolute atomic E-state index is 11.4. The van der Waals surface area contributed by atoms with Crippen molar-refractivity contribution in [2.45, 2.75) is 6.42 Å². The number of nitrogens with two attached hydrogens (primary N) is 1. The molecule has 0 unspecified atom stereocenters. The lowest BCUT2D eigenvalue weighted by Gasteiger charge is -2.03. The summed E-state index contributed by atoms with van der Waals surface area (Å²) in [6.45, 7) is 0.535. The molecule has 1 heterocycles. The summed E-state index contributed by atoms with van der Waals surface area (Å²) < 4.78 is 5.10. The first-order valence-corrected chi connectivity index (χ1v) is 5.60. The topological polar surface area (TPSA) is 94.0 Å². The first kappa shape index (κ1) is 12.3. The third-order valence-corrected chi connectivity index (χ3v) is 2.52. The van der Waals surface area contributed by atoms with Crippen molar-refractivity contribution in [1.29, 1.82) is 0 Å². The number of carbonyl (C=O) groups excluding carboxylic acids is 1. The molecular formula is C12H14N4O2. The normalized spacial score (nSPS) is 10.3. The van der Waals surface area contributed by atoms with Gasteiger partial charge in [0.1, 0.15) is 0 Å². The molecule has 0 atom stereocenters. The van der Waals surface area contributed by atoms with Gasteiger partial charge in [0.05, 0.1) is 0 Å². The van der Waals surface area contributed by atoms with Crippen molar-refractivity contribution in [3.63, 3.8) is 0 Å². The largest absolute Gasteiger partial charge is 0.352 e. The number of nitrogens with one attached hydrogen (secondary N) is 1. The van der Waals surface area contributed by atoms with E-state index in [-0.39, 0.29) is 11.7 Å². The zero-order chi connectivity index (χ0) is 13.0. The van der Waals surface area contributed by atoms with Crippen LogP contribution in [-0.2, 0) is 6.42 Å². The van der Waals surface area contributed by atoms with Crippen molar-refractivity contribution in [1.82, 2.24) is 15.5 Å². The lowest BCUT2D eigenvalue weighted by atomic mass is 10.0. The molecule has 1 aromatic carbocycles. The first-order valence-electron chi connectivity index (χ1n) is 5.60. The van der Waals surface area contributed by atoms with Gasteiger partial charge in [-0.1, -0.05) is 23.4 Å². The van der Waals surface area contributed by atoms with E-state index < -0.39 is 0 Å². The van der Waals surface area contributed by atoms with Gasteiger partial charge in [0, 0.05) is 12.6 Å². The molecule has 6 heteroatoms. The maximum Gasteiger partial charge on any atom is 0.292 e. The number of aromatic nitrogens is 2. The number of nitrogens with zero attached hydrogens (tertiary/aromatic N) is 2. The fraction of sp³-hybridized carbons (Fsp3) is 0.250. The van der Waals surface area contributed by atoms with Crippen LogP contribution in [0.3, 0.4) is 0 Å². The Morgan fingerprint density at radius 2 is 2.22 bits per heavy atom. The van der Waals surface area contributed by atoms with E-state index in [9.17, 15) is 4.79 Å². The number of amides is 1. The van der Waals surface area contributed by atoms with Crippen molar-refractivity contribution in [3.8, 4) is 11.5 Å². The summed E-state index contributed by atoms with van der Waals surface area (Å²) in [4.78, 5) is 15.4. The molecule has 0 fully saturated rings. The van der Waals surface area contributed by atoms with E-state index in [0.29, 0.717) is 18.9 Å². The monoisotopic (exact) mass is 246 g/mol. The van der Waals surface area contributed by atoms with Crippen molar-refractivity contribution in [2.24, 2.45) is 5.73 Å². The highest BCUT2D eigenvalue weighted by molar-refractivity contribution is 5.90. The Morgan fingerprint density at radius 1 is 1.44 bits per heavy atom. The quantitative estimate of drug-likeness (QED) is 0.823. The molecule has 1 aromatic heterocycles. The second-order valence-electron chi connectivity index (χ2n) is 3.70. The number of rotatable bonds is 4. The summed E-state index contributed by atoms with van der Waals surface area (Å²) in [7, 11) is 1.51. The van der Waals surface area contributed by atoms with E-state index >= 15 is 0 Å². The molecule has 0 saturated carbocycles. The number of hydrogen-bond acceptors (Lipinski definition) is 5. The molecule has 1 amide bonds. The molecule has 3 N–H and O–H groups in total. The molecule has 94 valence electrons. The smallest absolute Gasteiger partial charge is 0.292 e. The third kappa shape index (κ3) is 2.38. The lowest BCUT2D eigenvalue weighted by Crippen LogP contribution is -2.19. The van der Waals surface area contributed by atoms with Crippen LogP contribution < -0.4 is 11.1 Å². The standard InChI is InChI=1S/C12H14N4O2/c1-14-11(17)10-15-12(18-16-10)9-5-3-2-4-8(9)6-7-13/h2-5H,6-7,13H2,1H3,(H,14,17). The van der Waals surface area contributed by atoms with Crippen LogP contribution >= 0.6 is 0 Å². The Kier molecular flexibility index (Phi) is 3.69. The second-order valence-corrected chi connectivity index (χ2v) is 3.70. The predicted molar refractivity (Wildman–Crippen MR) is 65.9 cm³/mol. The highest BCUT2D eigenvalue weighted by Crippen LogP contribution is 2.22. The summed E-state index contributed by atoms with van der Waals surface area (Å²) in [5, 5.41) is 6.08. The average molecular weight is 246 g/mol. The van der Waals surface area contributed by atoms with Gasteiger partial charge in [-0.25, -0.2) is 0 Å². The van der Waals surface area contributed by atoms with Crippen LogP contribution in [0.25, 0.3) is 11.5 Å². The Balaban J connectivity index is 2.36. The van der Waals surface area contributed by atoms with Gasteiger partial charge in [0.15, 0.2) is 0 Å². The van der Waals surface area contributed by atoms with Crippen LogP contribution in [0.2, 0.25) is 0 Å². The minimum Gasteiger partial charge on any atom is -0.352 e. The predicted octanol–water partition coefficient (Wildman–Crippen LogP) is 0.597. The molecule has 2 aromatic rings. The third-order valence-electron chi connectivity index (χ3n) is 2.52. The average Bonchev–Trinajstić information content (AvgIpc) is 2.88. The molecule has 0 saturated heterocycles. The molecule has 0 bridgehead atoms. The first-order chi connectivity index (χ1) is 8.76. The van der Waals surface area contributed by atoms with Crippen LogP contribution in [-0.4, -0.2) is 29.6 Å². The van der Waals surface area contributed by atoms with Crippen LogP contribution in [0.1, 0.15) is 16.2 Å². The van der Waals surface area contributed by atoms with Gasteiger partial charge in [0.25, 0.3) is 17.6 Å². The molecule has 2 rings (SSSR count). The summed E-state index contributed by atoms with van der Waals surface area (Å²) in [6, 6.07) is 7.61. The molecule has 0 aliphatic carbocycles. The van der Waals surface area contributed by atoms with Crippen molar-refractivity contribution < 1.29 is 9.32 Å². The summed E-state index contributed by atoms with van der Waals surface area (Å²) in [6.07, 6.45) is 0.716. The summed E-state index contributed by atoms with van der Waals surface area (Å²) in [5.41, 5.74) is 7.38. The van der Waals surface area contributed by atoms with Gasteiger partial charge in [-0.2, -0.15) is 4.98 Å². The van der Waals surface area contributed by atoms with E-state index in [0.717, 1.165) is 11.1 Å². The van der Waals surface area contributed by atoms with Crippen LogP contribution in [0.15, 0.2) is 28.8 Å². The van der Waals surface area contributed by atoms with Gasteiger partial charge in [0.2, 0.25) is 0 Å². The molecule has 0 aliphatic rings. The summed E-state index contributed by atoms with van der Waals surface area (Å²) >= 11 is 0. The van der Waals surface area contributed by atoms with E-state index in [4.69, 9.17) is 10.3 Å². The fourth-order valence-electron chi connectivity index (χ4n) is 1.64. The maximum atomic E-state index is 11.4. The van der Waals surface area contributed by atoms with E-state index in [2.05, 4.69) is 15.5 Å². The van der Waals surface area contributed by atoms with Gasteiger partial charge < -0.3 is 15.6 Å². The van der Waals surface area contributed by atoms with Crippen molar-refractivity contribution >= 4 is 5.91 Å². The van der Waals surface area contributed by atoms with Crippen molar-refractivity contribution in [3.05, 3.63) is 35.7 Å². The van der Waals surface area contributed by atoms with Crippen LogP contribution in [0.5, 0.6) is 0 Å². The molecule has 0 aliphatic heterocycles. The van der Waals surface area contributed by atoms with E-state index in [1.807, 2.05) is 24.3 Å². The SMILES string of the molecule is CNC(=O)c1noc(-c2ccccc2CCN)n1. The molecular weight excluding hydrogens is 232 g/mol. The number of carbonyl (C=O) groups is 1. The van der Waals surface area contributed by atoms with Crippen LogP contribution in [0, 0.1) is 0 Å². The molecule has 0 spiro atoms. The molecule has 6 nitrogen and oxygen atoms in total. The highest BCUT2D eigenvalue weighted by Gasteiger charge is 2.15. The number of benzene rings is 1. The number of hydrogen-bond donors (Lipinski definition) is 2. The van der Waals surface area contributed by atoms with Gasteiger partial charge >= 0.3 is 0 Å². The second kappa shape index (κ2) is 5.42. The zero-order valence-electron chi connectivity index (χ0n) is 10.0. The molecule has 18 heavy (non-hydrogen) atoms. The Hall–Kier alpha value is -2.21. The zero-order valence-corrected chi connectivity index (χ0v) is 10.0. The Morgan fingerprint density at radius 3 is 2.94 bits per heavy atom. The molecule has 0 radical (unpaired) electrons. The van der Waals surface area contributed by atoms with Crippen LogP contribution in [0.4, 0.5) is 0 Å². The Bertz CT molecular complexity index is 551. The summed E-state index contributed by atoms with van der Waals surface area (Å²) in [5.74, 6) is -0.0194.